The fraction of sp³-hybridized carbons (Fsp3) is 0.767. The van der Waals surface area contributed by atoms with Crippen molar-refractivity contribution in [3.05, 3.63) is 36.5 Å². The van der Waals surface area contributed by atoms with Crippen molar-refractivity contribution in [2.24, 2.45) is 5.73 Å². The van der Waals surface area contributed by atoms with Gasteiger partial charge in [-0.05, 0) is 44.9 Å². The van der Waals surface area contributed by atoms with Crippen molar-refractivity contribution in [1.29, 1.82) is 0 Å². The van der Waals surface area contributed by atoms with E-state index in [2.05, 4.69) is 55.6 Å². The van der Waals surface area contributed by atoms with E-state index in [9.17, 15) is 19.4 Å². The Balaban J connectivity index is 4.41. The van der Waals surface area contributed by atoms with Gasteiger partial charge < -0.3 is 21.1 Å². The molecular formula is C30H57N2O6P. The second kappa shape index (κ2) is 26.9. The van der Waals surface area contributed by atoms with Gasteiger partial charge >= 0.3 is 7.82 Å². The van der Waals surface area contributed by atoms with Crippen molar-refractivity contribution < 1.29 is 28.4 Å². The number of phosphoric acid groups is 1. The number of unbranched alkanes of at least 4 members (excludes halogenated alkanes) is 9. The van der Waals surface area contributed by atoms with Crippen molar-refractivity contribution in [1.82, 2.24) is 5.32 Å². The van der Waals surface area contributed by atoms with E-state index in [4.69, 9.17) is 14.8 Å². The molecule has 0 radical (unpaired) electrons. The van der Waals surface area contributed by atoms with Crippen LogP contribution in [0.5, 0.6) is 0 Å². The average molecular weight is 573 g/mol. The number of carbonyl (C=O) groups excluding carboxylic acids is 1. The summed E-state index contributed by atoms with van der Waals surface area (Å²) in [6, 6.07) is -0.784. The maximum absolute atomic E-state index is 12.5. The maximum atomic E-state index is 12.5. The molecule has 0 aliphatic heterocycles. The van der Waals surface area contributed by atoms with E-state index in [0.717, 1.165) is 64.2 Å². The fourth-order valence-corrected chi connectivity index (χ4v) is 4.73. The Bertz CT molecular complexity index is 714. The summed E-state index contributed by atoms with van der Waals surface area (Å²) in [6.07, 6.45) is 27.4. The van der Waals surface area contributed by atoms with E-state index < -0.39 is 20.0 Å². The number of hydrogen-bond acceptors (Lipinski definition) is 6. The Morgan fingerprint density at radius 1 is 0.872 bits per heavy atom. The van der Waals surface area contributed by atoms with Gasteiger partial charge in [-0.3, -0.25) is 13.8 Å². The third-order valence-corrected chi connectivity index (χ3v) is 7.24. The highest BCUT2D eigenvalue weighted by atomic mass is 31.2. The van der Waals surface area contributed by atoms with Gasteiger partial charge in [-0.2, -0.15) is 0 Å². The molecule has 0 saturated carbocycles. The van der Waals surface area contributed by atoms with Crippen LogP contribution >= 0.6 is 7.82 Å². The number of nitrogens with one attached hydrogen (secondary N) is 1. The number of aliphatic hydroxyl groups is 1. The third kappa shape index (κ3) is 25.4. The molecule has 8 nitrogen and oxygen atoms in total. The van der Waals surface area contributed by atoms with Gasteiger partial charge in [0.2, 0.25) is 5.91 Å². The number of phosphoric ester groups is 1. The Morgan fingerprint density at radius 2 is 1.49 bits per heavy atom. The summed E-state index contributed by atoms with van der Waals surface area (Å²) in [4.78, 5) is 22.4. The van der Waals surface area contributed by atoms with Gasteiger partial charge in [-0.25, -0.2) is 4.57 Å². The minimum atomic E-state index is -4.30. The number of nitrogens with two attached hydrogens (primary N) is 1. The Morgan fingerprint density at radius 3 is 2.15 bits per heavy atom. The summed E-state index contributed by atoms with van der Waals surface area (Å²) < 4.78 is 21.9. The number of carbonyl (C=O) groups is 1. The molecule has 0 rings (SSSR count). The van der Waals surface area contributed by atoms with E-state index in [-0.39, 0.29) is 25.7 Å². The van der Waals surface area contributed by atoms with Crippen LogP contribution in [0.4, 0.5) is 0 Å². The number of hydrogen-bond donors (Lipinski definition) is 4. The summed E-state index contributed by atoms with van der Waals surface area (Å²) >= 11 is 0. The first-order valence-electron chi connectivity index (χ1n) is 15.1. The molecule has 0 spiro atoms. The number of aliphatic hydroxyl groups excluding tert-OH is 1. The number of rotatable bonds is 27. The van der Waals surface area contributed by atoms with E-state index in [1.807, 2.05) is 0 Å². The average Bonchev–Trinajstić information content (AvgIpc) is 2.91. The predicted octanol–water partition coefficient (Wildman–Crippen LogP) is 6.87. The molecule has 0 aliphatic carbocycles. The Labute approximate surface area is 238 Å². The number of allylic oxidation sites excluding steroid dienone is 6. The van der Waals surface area contributed by atoms with Gasteiger partial charge in [-0.15, -0.1) is 0 Å². The molecule has 0 saturated heterocycles. The molecule has 9 heteroatoms. The summed E-state index contributed by atoms with van der Waals surface area (Å²) in [5, 5.41) is 13.5. The molecule has 0 aromatic heterocycles. The van der Waals surface area contributed by atoms with Gasteiger partial charge in [0.1, 0.15) is 0 Å². The highest BCUT2D eigenvalue weighted by molar-refractivity contribution is 7.47. The van der Waals surface area contributed by atoms with Crippen molar-refractivity contribution >= 4 is 13.7 Å². The van der Waals surface area contributed by atoms with Crippen LogP contribution in [-0.2, 0) is 18.4 Å². The molecule has 1 amide bonds. The fourth-order valence-electron chi connectivity index (χ4n) is 3.97. The third-order valence-electron chi connectivity index (χ3n) is 6.26. The smallest absolute Gasteiger partial charge is 0.391 e. The Hall–Kier alpha value is -1.28. The lowest BCUT2D eigenvalue weighted by atomic mass is 10.0. The molecule has 3 unspecified atom stereocenters. The van der Waals surface area contributed by atoms with Crippen LogP contribution in [0.3, 0.4) is 0 Å². The van der Waals surface area contributed by atoms with Crippen LogP contribution in [-0.4, -0.2) is 47.8 Å². The molecule has 0 heterocycles. The number of amides is 1. The first-order chi connectivity index (χ1) is 18.9. The van der Waals surface area contributed by atoms with Crippen molar-refractivity contribution in [2.45, 2.75) is 129 Å². The lowest BCUT2D eigenvalue weighted by molar-refractivity contribution is -0.123. The van der Waals surface area contributed by atoms with Crippen LogP contribution in [0, 0.1) is 0 Å². The lowest BCUT2D eigenvalue weighted by Gasteiger charge is -2.25. The monoisotopic (exact) mass is 572 g/mol. The SMILES string of the molecule is CC/C=C\C/C=C\C/C=C\CCCCCC(=O)NC(COP(=O)(O)OCCN)C(O)CCCCCCCCC. The molecule has 39 heavy (non-hydrogen) atoms. The largest absolute Gasteiger partial charge is 0.472 e. The predicted molar refractivity (Wildman–Crippen MR) is 161 cm³/mol. The zero-order valence-corrected chi connectivity index (χ0v) is 25.5. The first kappa shape index (κ1) is 37.7. The first-order valence-corrected chi connectivity index (χ1v) is 16.6. The van der Waals surface area contributed by atoms with E-state index >= 15 is 0 Å². The summed E-state index contributed by atoms with van der Waals surface area (Å²) in [6.45, 7) is 3.97. The normalized spacial score (nSPS) is 15.3. The summed E-state index contributed by atoms with van der Waals surface area (Å²) in [7, 11) is -4.30. The summed E-state index contributed by atoms with van der Waals surface area (Å²) in [5.74, 6) is -0.198. The van der Waals surface area contributed by atoms with E-state index in [0.29, 0.717) is 12.8 Å². The molecule has 0 aliphatic rings. The second-order valence-corrected chi connectivity index (χ2v) is 11.4. The Kier molecular flexibility index (Phi) is 26.0. The van der Waals surface area contributed by atoms with Crippen molar-refractivity contribution in [3.63, 3.8) is 0 Å². The van der Waals surface area contributed by atoms with Crippen LogP contribution in [0.25, 0.3) is 0 Å². The summed E-state index contributed by atoms with van der Waals surface area (Å²) in [5.41, 5.74) is 5.32. The van der Waals surface area contributed by atoms with Crippen LogP contribution < -0.4 is 11.1 Å². The van der Waals surface area contributed by atoms with Crippen LogP contribution in [0.2, 0.25) is 0 Å². The molecule has 3 atom stereocenters. The van der Waals surface area contributed by atoms with Gasteiger partial charge in [0.15, 0.2) is 0 Å². The maximum Gasteiger partial charge on any atom is 0.472 e. The molecule has 0 fully saturated rings. The topological polar surface area (TPSA) is 131 Å². The quantitative estimate of drug-likeness (QED) is 0.0480. The molecule has 5 N–H and O–H groups in total. The highest BCUT2D eigenvalue weighted by Crippen LogP contribution is 2.43. The van der Waals surface area contributed by atoms with E-state index in [1.165, 1.54) is 25.7 Å². The van der Waals surface area contributed by atoms with Gasteiger partial charge in [-0.1, -0.05) is 102 Å². The van der Waals surface area contributed by atoms with Crippen molar-refractivity contribution in [3.8, 4) is 0 Å². The van der Waals surface area contributed by atoms with Gasteiger partial charge in [0.05, 0.1) is 25.4 Å². The minimum Gasteiger partial charge on any atom is -0.391 e. The molecule has 0 aromatic rings. The minimum absolute atomic E-state index is 0.0821. The lowest BCUT2D eigenvalue weighted by Crippen LogP contribution is -2.46. The second-order valence-electron chi connectivity index (χ2n) is 9.93. The highest BCUT2D eigenvalue weighted by Gasteiger charge is 2.27. The van der Waals surface area contributed by atoms with Crippen molar-refractivity contribution in [2.75, 3.05) is 19.8 Å². The molecule has 228 valence electrons. The van der Waals surface area contributed by atoms with Crippen LogP contribution in [0.1, 0.15) is 117 Å². The molecule has 0 aromatic carbocycles. The zero-order chi connectivity index (χ0) is 29.0. The van der Waals surface area contributed by atoms with E-state index in [1.54, 1.807) is 0 Å². The molecule has 0 bridgehead atoms. The molecular weight excluding hydrogens is 515 g/mol. The van der Waals surface area contributed by atoms with Gasteiger partial charge in [0.25, 0.3) is 0 Å². The van der Waals surface area contributed by atoms with Gasteiger partial charge in [0, 0.05) is 13.0 Å². The zero-order valence-electron chi connectivity index (χ0n) is 24.6. The standard InChI is InChI=1S/C30H57N2O6P/c1-3-5-7-9-11-12-13-14-15-16-18-20-22-24-30(34)32-28(27-38-39(35,36)37-26-25-31)29(33)23-21-19-17-10-8-6-4-2/h5,7,11-12,14-15,28-29,33H,3-4,6,8-10,13,16-27,31H2,1-2H3,(H,32,34)(H,35,36)/b7-5-,12-11-,15-14-. The van der Waals surface area contributed by atoms with Crippen LogP contribution in [0.15, 0.2) is 36.5 Å².